The van der Waals surface area contributed by atoms with Crippen LogP contribution in [-0.4, -0.2) is 52.5 Å². The summed E-state index contributed by atoms with van der Waals surface area (Å²) in [5.41, 5.74) is 2.94. The lowest BCUT2D eigenvalue weighted by atomic mass is 9.85. The zero-order valence-corrected chi connectivity index (χ0v) is 18.9. The molecular formula is C24H29BClN5. The molecule has 2 aliphatic rings. The maximum Gasteiger partial charge on any atom is 0.150 e. The molecule has 0 spiro atoms. The second kappa shape index (κ2) is 8.83. The Kier molecular flexibility index (Phi) is 5.94. The van der Waals surface area contributed by atoms with E-state index in [1.54, 1.807) is 6.20 Å². The first-order valence-corrected chi connectivity index (χ1v) is 11.9. The van der Waals surface area contributed by atoms with Gasteiger partial charge in [0.05, 0.1) is 5.69 Å². The van der Waals surface area contributed by atoms with Gasteiger partial charge in [0.1, 0.15) is 13.7 Å². The fourth-order valence-electron chi connectivity index (χ4n) is 5.12. The van der Waals surface area contributed by atoms with E-state index in [1.807, 2.05) is 34.8 Å². The van der Waals surface area contributed by atoms with Crippen LogP contribution in [0.5, 0.6) is 0 Å². The Hall–Kier alpha value is -2.05. The second-order valence-electron chi connectivity index (χ2n) is 9.21. The standard InChI is InChI=1S/C24H29BClN5/c1-16-6-8-18(9-7-16)30-12-10-17(11-13-30)28-23-14-22(19-4-2-3-5-21(19)26)29-24-20(25)15-27-31(23)24/h2-5,14-18,28H,6-13H2,1H3. The van der Waals surface area contributed by atoms with Crippen molar-refractivity contribution in [3.8, 4) is 11.3 Å². The van der Waals surface area contributed by atoms with E-state index in [0.29, 0.717) is 22.2 Å². The topological polar surface area (TPSA) is 45.5 Å². The number of anilines is 1. The van der Waals surface area contributed by atoms with Crippen LogP contribution in [0.1, 0.15) is 45.4 Å². The largest absolute Gasteiger partial charge is 0.367 e. The Morgan fingerprint density at radius 1 is 1.06 bits per heavy atom. The van der Waals surface area contributed by atoms with Gasteiger partial charge in [0.2, 0.25) is 0 Å². The minimum Gasteiger partial charge on any atom is -0.367 e. The summed E-state index contributed by atoms with van der Waals surface area (Å²) in [6.45, 7) is 4.70. The third-order valence-electron chi connectivity index (χ3n) is 7.03. The monoisotopic (exact) mass is 433 g/mol. The number of halogens is 1. The average molecular weight is 434 g/mol. The molecule has 2 aromatic heterocycles. The maximum atomic E-state index is 6.45. The molecule has 0 amide bonds. The van der Waals surface area contributed by atoms with Gasteiger partial charge in [0.25, 0.3) is 0 Å². The predicted octanol–water partition coefficient (Wildman–Crippen LogP) is 4.30. The smallest absolute Gasteiger partial charge is 0.150 e. The number of nitrogens with zero attached hydrogens (tertiary/aromatic N) is 4. The number of likely N-dealkylation sites (tertiary alicyclic amines) is 1. The molecule has 2 fully saturated rings. The van der Waals surface area contributed by atoms with Crippen molar-refractivity contribution in [1.82, 2.24) is 19.5 Å². The van der Waals surface area contributed by atoms with E-state index in [4.69, 9.17) is 24.4 Å². The van der Waals surface area contributed by atoms with Gasteiger partial charge in [-0.1, -0.05) is 36.7 Å². The Morgan fingerprint density at radius 3 is 2.55 bits per heavy atom. The van der Waals surface area contributed by atoms with Gasteiger partial charge in [0, 0.05) is 48.0 Å². The molecule has 1 saturated heterocycles. The van der Waals surface area contributed by atoms with E-state index in [0.717, 1.165) is 55.0 Å². The van der Waals surface area contributed by atoms with Crippen molar-refractivity contribution in [2.75, 3.05) is 18.4 Å². The van der Waals surface area contributed by atoms with E-state index in [1.165, 1.54) is 25.7 Å². The molecular weight excluding hydrogens is 405 g/mol. The van der Waals surface area contributed by atoms with Crippen molar-refractivity contribution >= 4 is 36.4 Å². The minimum atomic E-state index is 0.411. The first kappa shape index (κ1) is 20.8. The van der Waals surface area contributed by atoms with Crippen molar-refractivity contribution in [3.63, 3.8) is 0 Å². The van der Waals surface area contributed by atoms with Crippen LogP contribution in [0.3, 0.4) is 0 Å². The van der Waals surface area contributed by atoms with Crippen molar-refractivity contribution in [3.05, 3.63) is 41.6 Å². The lowest BCUT2D eigenvalue weighted by molar-refractivity contribution is 0.113. The molecule has 0 unspecified atom stereocenters. The summed E-state index contributed by atoms with van der Waals surface area (Å²) < 4.78 is 1.81. The lowest BCUT2D eigenvalue weighted by Crippen LogP contribution is -2.45. The van der Waals surface area contributed by atoms with Crippen LogP contribution in [0.2, 0.25) is 5.02 Å². The highest BCUT2D eigenvalue weighted by Crippen LogP contribution is 2.31. The molecule has 5 rings (SSSR count). The number of fused-ring (bicyclic) bond motifs is 1. The van der Waals surface area contributed by atoms with Crippen LogP contribution in [0.4, 0.5) is 5.82 Å². The van der Waals surface area contributed by atoms with Crippen LogP contribution in [-0.2, 0) is 0 Å². The van der Waals surface area contributed by atoms with Gasteiger partial charge in [-0.2, -0.15) is 9.61 Å². The third kappa shape index (κ3) is 4.33. The molecule has 0 atom stereocenters. The predicted molar refractivity (Wildman–Crippen MR) is 128 cm³/mol. The van der Waals surface area contributed by atoms with Crippen molar-refractivity contribution in [2.45, 2.75) is 57.5 Å². The number of aromatic nitrogens is 3. The summed E-state index contributed by atoms with van der Waals surface area (Å²) in [6, 6.07) is 11.0. The average Bonchev–Trinajstić information content (AvgIpc) is 3.16. The van der Waals surface area contributed by atoms with Crippen LogP contribution >= 0.6 is 11.6 Å². The van der Waals surface area contributed by atoms with E-state index >= 15 is 0 Å². The number of piperidine rings is 1. The molecule has 1 saturated carbocycles. The molecule has 160 valence electrons. The van der Waals surface area contributed by atoms with Gasteiger partial charge in [-0.05, 0) is 56.0 Å². The Morgan fingerprint density at radius 2 is 1.81 bits per heavy atom. The number of hydrogen-bond acceptors (Lipinski definition) is 4. The molecule has 3 aromatic rings. The number of rotatable bonds is 4. The summed E-state index contributed by atoms with van der Waals surface area (Å²) in [5, 5.41) is 8.87. The van der Waals surface area contributed by atoms with E-state index in [-0.39, 0.29) is 0 Å². The number of benzene rings is 1. The number of nitrogens with one attached hydrogen (secondary N) is 1. The summed E-state index contributed by atoms with van der Waals surface area (Å²) in [7, 11) is 6.16. The normalized spacial score (nSPS) is 23.3. The zero-order chi connectivity index (χ0) is 21.4. The Balaban J connectivity index is 1.34. The van der Waals surface area contributed by atoms with Crippen LogP contribution in [0.15, 0.2) is 36.5 Å². The van der Waals surface area contributed by atoms with Crippen LogP contribution in [0.25, 0.3) is 16.9 Å². The summed E-state index contributed by atoms with van der Waals surface area (Å²) in [5.74, 6) is 1.82. The van der Waals surface area contributed by atoms with Crippen LogP contribution < -0.4 is 10.8 Å². The maximum absolute atomic E-state index is 6.45. The summed E-state index contributed by atoms with van der Waals surface area (Å²) in [6.07, 6.45) is 9.40. The minimum absolute atomic E-state index is 0.411. The van der Waals surface area contributed by atoms with Gasteiger partial charge in [-0.25, -0.2) is 4.98 Å². The molecule has 3 heterocycles. The fraction of sp³-hybridized carbons (Fsp3) is 0.500. The first-order chi connectivity index (χ1) is 15.1. The third-order valence-corrected chi connectivity index (χ3v) is 7.36. The molecule has 2 radical (unpaired) electrons. The fourth-order valence-corrected chi connectivity index (χ4v) is 5.35. The van der Waals surface area contributed by atoms with Crippen molar-refractivity contribution in [2.24, 2.45) is 5.92 Å². The molecule has 1 aliphatic carbocycles. The zero-order valence-electron chi connectivity index (χ0n) is 18.1. The SMILES string of the molecule is [B]c1cnn2c(NC3CCN(C4CCC(C)CC4)CC3)cc(-c3ccccc3Cl)nc12. The van der Waals surface area contributed by atoms with Crippen molar-refractivity contribution < 1.29 is 0 Å². The van der Waals surface area contributed by atoms with E-state index in [9.17, 15) is 0 Å². The van der Waals surface area contributed by atoms with Gasteiger partial charge in [-0.3, -0.25) is 0 Å². The van der Waals surface area contributed by atoms with Gasteiger partial charge in [-0.15, -0.1) is 0 Å². The van der Waals surface area contributed by atoms with Crippen molar-refractivity contribution in [1.29, 1.82) is 0 Å². The molecule has 31 heavy (non-hydrogen) atoms. The van der Waals surface area contributed by atoms with E-state index < -0.39 is 0 Å². The number of hydrogen-bond donors (Lipinski definition) is 1. The first-order valence-electron chi connectivity index (χ1n) is 11.5. The molecule has 7 heteroatoms. The molecule has 0 bridgehead atoms. The second-order valence-corrected chi connectivity index (χ2v) is 9.62. The van der Waals surface area contributed by atoms with Crippen LogP contribution in [0, 0.1) is 5.92 Å². The highest BCUT2D eigenvalue weighted by atomic mass is 35.5. The van der Waals surface area contributed by atoms with Gasteiger partial charge < -0.3 is 10.2 Å². The van der Waals surface area contributed by atoms with Gasteiger partial charge >= 0.3 is 0 Å². The van der Waals surface area contributed by atoms with Gasteiger partial charge in [0.15, 0.2) is 5.65 Å². The van der Waals surface area contributed by atoms with E-state index in [2.05, 4.69) is 22.2 Å². The quantitative estimate of drug-likeness (QED) is 0.623. The molecule has 1 aliphatic heterocycles. The molecule has 1 N–H and O–H groups in total. The highest BCUT2D eigenvalue weighted by Gasteiger charge is 2.28. The Bertz CT molecular complexity index is 1050. The molecule has 5 nitrogen and oxygen atoms in total. The summed E-state index contributed by atoms with van der Waals surface area (Å²) >= 11 is 6.45. The summed E-state index contributed by atoms with van der Waals surface area (Å²) in [4.78, 5) is 7.46. The molecule has 1 aromatic carbocycles. The highest BCUT2D eigenvalue weighted by molar-refractivity contribution is 6.36. The Labute approximate surface area is 190 Å². The lowest BCUT2D eigenvalue weighted by Gasteiger charge is -2.40.